The smallest absolute Gasteiger partial charge is 0.254 e. The zero-order valence-electron chi connectivity index (χ0n) is 12.4. The monoisotopic (exact) mass is 277 g/mol. The lowest BCUT2D eigenvalue weighted by Crippen LogP contribution is -2.34. The maximum absolute atomic E-state index is 12.5. The lowest BCUT2D eigenvalue weighted by Gasteiger charge is -2.19. The van der Waals surface area contributed by atoms with Gasteiger partial charge in [0.2, 0.25) is 0 Å². The van der Waals surface area contributed by atoms with E-state index in [9.17, 15) is 9.90 Å². The molecule has 1 atom stereocenters. The average Bonchev–Trinajstić information content (AvgIpc) is 2.78. The molecule has 110 valence electrons. The number of β-amino-alcohol motifs (C(OH)–C–C–N with tert-alkyl or cyclic N) is 1. The number of likely N-dealkylation sites (tertiary alicyclic amines) is 1. The van der Waals surface area contributed by atoms with Crippen molar-refractivity contribution in [2.24, 2.45) is 0 Å². The molecule has 1 aliphatic heterocycles. The van der Waals surface area contributed by atoms with Crippen LogP contribution in [0.15, 0.2) is 12.1 Å². The molecule has 2 heterocycles. The van der Waals surface area contributed by atoms with Crippen LogP contribution in [0.25, 0.3) is 0 Å². The van der Waals surface area contributed by atoms with Crippen LogP contribution in [0.5, 0.6) is 0 Å². The molecule has 1 saturated heterocycles. The van der Waals surface area contributed by atoms with Crippen LogP contribution in [0.4, 0.5) is 5.82 Å². The summed E-state index contributed by atoms with van der Waals surface area (Å²) in [6.07, 6.45) is 1.42. The second-order valence-electron chi connectivity index (χ2n) is 5.59. The van der Waals surface area contributed by atoms with Gasteiger partial charge >= 0.3 is 0 Å². The number of nitrogens with zero attached hydrogens (tertiary/aromatic N) is 2. The first-order valence-electron chi connectivity index (χ1n) is 7.21. The number of hydrogen-bond donors (Lipinski definition) is 2. The largest absolute Gasteiger partial charge is 0.388 e. The number of aromatic nitrogens is 1. The van der Waals surface area contributed by atoms with E-state index < -0.39 is 5.60 Å². The van der Waals surface area contributed by atoms with Gasteiger partial charge in [0.15, 0.2) is 0 Å². The molecule has 5 nitrogen and oxygen atoms in total. The maximum atomic E-state index is 12.5. The van der Waals surface area contributed by atoms with E-state index in [0.717, 1.165) is 24.5 Å². The molecular weight excluding hydrogens is 254 g/mol. The summed E-state index contributed by atoms with van der Waals surface area (Å²) in [5, 5.41) is 13.1. The first-order valence-corrected chi connectivity index (χ1v) is 7.21. The molecule has 2 rings (SSSR count). The fourth-order valence-electron chi connectivity index (χ4n) is 2.47. The number of anilines is 1. The summed E-state index contributed by atoms with van der Waals surface area (Å²) in [7, 11) is 0. The van der Waals surface area contributed by atoms with E-state index in [-0.39, 0.29) is 5.91 Å². The fraction of sp³-hybridized carbons (Fsp3) is 0.600. The van der Waals surface area contributed by atoms with Gasteiger partial charge in [-0.1, -0.05) is 6.92 Å². The van der Waals surface area contributed by atoms with Crippen LogP contribution in [-0.4, -0.2) is 46.1 Å². The summed E-state index contributed by atoms with van der Waals surface area (Å²) >= 11 is 0. The molecule has 20 heavy (non-hydrogen) atoms. The van der Waals surface area contributed by atoms with E-state index in [1.807, 2.05) is 19.9 Å². The van der Waals surface area contributed by atoms with Gasteiger partial charge in [-0.15, -0.1) is 0 Å². The number of aryl methyl sites for hydroxylation is 1. The molecular formula is C15H23N3O2. The number of amides is 1. The Bertz CT molecular complexity index is 500. The highest BCUT2D eigenvalue weighted by Crippen LogP contribution is 2.23. The molecule has 1 fully saturated rings. The summed E-state index contributed by atoms with van der Waals surface area (Å²) in [4.78, 5) is 18.7. The quantitative estimate of drug-likeness (QED) is 0.878. The Morgan fingerprint density at radius 3 is 2.80 bits per heavy atom. The van der Waals surface area contributed by atoms with Gasteiger partial charge in [-0.05, 0) is 38.8 Å². The van der Waals surface area contributed by atoms with Crippen molar-refractivity contribution in [2.75, 3.05) is 25.0 Å². The third kappa shape index (κ3) is 3.28. The van der Waals surface area contributed by atoms with Crippen molar-refractivity contribution in [2.45, 2.75) is 39.2 Å². The van der Waals surface area contributed by atoms with Gasteiger partial charge in [-0.2, -0.15) is 0 Å². The highest BCUT2D eigenvalue weighted by atomic mass is 16.3. The Morgan fingerprint density at radius 1 is 1.50 bits per heavy atom. The minimum absolute atomic E-state index is 0.0287. The predicted octanol–water partition coefficient (Wildman–Crippen LogP) is 1.67. The van der Waals surface area contributed by atoms with Gasteiger partial charge in [0.05, 0.1) is 5.60 Å². The van der Waals surface area contributed by atoms with Crippen molar-refractivity contribution in [3.8, 4) is 0 Å². The summed E-state index contributed by atoms with van der Waals surface area (Å²) in [6.45, 7) is 7.56. The second kappa shape index (κ2) is 5.79. The first-order chi connectivity index (χ1) is 9.45. The van der Waals surface area contributed by atoms with Crippen LogP contribution in [0.3, 0.4) is 0 Å². The van der Waals surface area contributed by atoms with Gasteiger partial charge in [-0.3, -0.25) is 4.79 Å². The van der Waals surface area contributed by atoms with E-state index in [1.165, 1.54) is 0 Å². The minimum atomic E-state index is -0.763. The zero-order valence-corrected chi connectivity index (χ0v) is 12.4. The normalized spacial score (nSPS) is 22.1. The Labute approximate surface area is 120 Å². The van der Waals surface area contributed by atoms with Crippen molar-refractivity contribution in [1.82, 2.24) is 9.88 Å². The van der Waals surface area contributed by atoms with E-state index >= 15 is 0 Å². The van der Waals surface area contributed by atoms with E-state index in [0.29, 0.717) is 25.1 Å². The lowest BCUT2D eigenvalue weighted by atomic mass is 10.1. The molecule has 1 aromatic heterocycles. The number of rotatable bonds is 4. The lowest BCUT2D eigenvalue weighted by molar-refractivity contribution is 0.0572. The summed E-state index contributed by atoms with van der Waals surface area (Å²) in [6, 6.07) is 3.63. The molecule has 0 radical (unpaired) electrons. The van der Waals surface area contributed by atoms with Gasteiger partial charge < -0.3 is 15.3 Å². The van der Waals surface area contributed by atoms with Crippen LogP contribution in [0.2, 0.25) is 0 Å². The van der Waals surface area contributed by atoms with Crippen LogP contribution in [0.1, 0.15) is 43.2 Å². The predicted molar refractivity (Wildman–Crippen MR) is 78.9 cm³/mol. The molecule has 0 saturated carbocycles. The molecule has 5 heteroatoms. The molecule has 0 aromatic carbocycles. The van der Waals surface area contributed by atoms with Crippen molar-refractivity contribution in [3.05, 3.63) is 23.4 Å². The second-order valence-corrected chi connectivity index (χ2v) is 5.59. The fourth-order valence-corrected chi connectivity index (χ4v) is 2.47. The van der Waals surface area contributed by atoms with E-state index in [2.05, 4.69) is 10.3 Å². The van der Waals surface area contributed by atoms with Gasteiger partial charge in [0.25, 0.3) is 5.91 Å². The number of nitrogens with one attached hydrogen (secondary N) is 1. The minimum Gasteiger partial charge on any atom is -0.388 e. The number of aliphatic hydroxyl groups is 1. The number of carbonyl (C=O) groups is 1. The molecule has 1 amide bonds. The van der Waals surface area contributed by atoms with E-state index in [4.69, 9.17) is 0 Å². The average molecular weight is 277 g/mol. The van der Waals surface area contributed by atoms with Crippen LogP contribution < -0.4 is 5.32 Å². The van der Waals surface area contributed by atoms with Gasteiger partial charge in [0, 0.05) is 30.9 Å². The number of carbonyl (C=O) groups excluding carboxylic acids is 1. The van der Waals surface area contributed by atoms with Crippen molar-refractivity contribution >= 4 is 11.7 Å². The SMILES string of the molecule is CCNc1cc(C(=O)N2CCC(C)(O)C2)cc(CC)n1. The first kappa shape index (κ1) is 14.8. The maximum Gasteiger partial charge on any atom is 0.254 e. The highest BCUT2D eigenvalue weighted by molar-refractivity contribution is 5.95. The standard InChI is InChI=1S/C15H23N3O2/c1-4-12-8-11(9-13(17-12)16-5-2)14(19)18-7-6-15(3,20)10-18/h8-9,20H,4-7,10H2,1-3H3,(H,16,17). The van der Waals surface area contributed by atoms with E-state index in [1.54, 1.807) is 17.9 Å². The Hall–Kier alpha value is -1.62. The van der Waals surface area contributed by atoms with Crippen molar-refractivity contribution in [3.63, 3.8) is 0 Å². The van der Waals surface area contributed by atoms with Gasteiger partial charge in [0.1, 0.15) is 5.82 Å². The molecule has 1 aromatic rings. The van der Waals surface area contributed by atoms with Crippen molar-refractivity contribution < 1.29 is 9.90 Å². The molecule has 0 spiro atoms. The van der Waals surface area contributed by atoms with Crippen LogP contribution >= 0.6 is 0 Å². The summed E-state index contributed by atoms with van der Waals surface area (Å²) in [5.41, 5.74) is 0.782. The summed E-state index contributed by atoms with van der Waals surface area (Å²) < 4.78 is 0. The molecule has 0 aliphatic carbocycles. The number of hydrogen-bond acceptors (Lipinski definition) is 4. The van der Waals surface area contributed by atoms with Gasteiger partial charge in [-0.25, -0.2) is 4.98 Å². The van der Waals surface area contributed by atoms with Crippen LogP contribution in [0, 0.1) is 0 Å². The Morgan fingerprint density at radius 2 is 2.25 bits per heavy atom. The Balaban J connectivity index is 2.23. The summed E-state index contributed by atoms with van der Waals surface area (Å²) in [5.74, 6) is 0.709. The molecule has 1 aliphatic rings. The topological polar surface area (TPSA) is 65.5 Å². The molecule has 1 unspecified atom stereocenters. The highest BCUT2D eigenvalue weighted by Gasteiger charge is 2.34. The van der Waals surface area contributed by atoms with Crippen LogP contribution in [-0.2, 0) is 6.42 Å². The zero-order chi connectivity index (χ0) is 14.8. The van der Waals surface area contributed by atoms with Crippen molar-refractivity contribution in [1.29, 1.82) is 0 Å². The Kier molecular flexibility index (Phi) is 4.28. The molecule has 2 N–H and O–H groups in total. The third-order valence-corrected chi connectivity index (χ3v) is 3.58. The third-order valence-electron chi connectivity index (χ3n) is 3.58. The molecule has 0 bridgehead atoms. The number of pyridine rings is 1.